The van der Waals surface area contributed by atoms with Crippen LogP contribution in [0.1, 0.15) is 30.0 Å². The Bertz CT molecular complexity index is 470. The van der Waals surface area contributed by atoms with E-state index in [1.54, 1.807) is 0 Å². The number of furan rings is 1. The van der Waals surface area contributed by atoms with Crippen molar-refractivity contribution in [1.82, 2.24) is 0 Å². The summed E-state index contributed by atoms with van der Waals surface area (Å²) in [6.45, 7) is 3.97. The molecule has 2 rings (SSSR count). The second-order valence-electron chi connectivity index (χ2n) is 3.81. The molecule has 1 aromatic heterocycles. The van der Waals surface area contributed by atoms with Crippen molar-refractivity contribution in [2.24, 2.45) is 4.99 Å². The maximum atomic E-state index is 5.52. The van der Waals surface area contributed by atoms with Crippen LogP contribution in [-0.4, -0.2) is 6.21 Å². The molecule has 2 heteroatoms. The van der Waals surface area contributed by atoms with Crippen LogP contribution < -0.4 is 0 Å². The summed E-state index contributed by atoms with van der Waals surface area (Å²) in [6, 6.07) is 14.1. The maximum absolute atomic E-state index is 5.52. The highest BCUT2D eigenvalue weighted by Gasteiger charge is 2.06. The molecule has 2 nitrogen and oxygen atoms in total. The summed E-state index contributed by atoms with van der Waals surface area (Å²) in [6.07, 6.45) is 1.88. The molecule has 0 N–H and O–H groups in total. The average molecular weight is 213 g/mol. The lowest BCUT2D eigenvalue weighted by Gasteiger charge is -2.01. The highest BCUT2D eigenvalue weighted by molar-refractivity contribution is 5.79. The van der Waals surface area contributed by atoms with Crippen LogP contribution in [0.3, 0.4) is 0 Å². The summed E-state index contributed by atoms with van der Waals surface area (Å²) < 4.78 is 5.52. The van der Waals surface area contributed by atoms with E-state index in [1.165, 1.54) is 0 Å². The standard InChI is InChI=1S/C14H15NO/c1-11-8-9-14(16-11)12(2)15-10-13-6-4-3-5-7-13/h3-10,12H,1-2H3/b15-10+/t12-/m1/s1. The van der Waals surface area contributed by atoms with Gasteiger partial charge in [-0.2, -0.15) is 0 Å². The lowest BCUT2D eigenvalue weighted by molar-refractivity contribution is 0.459. The quantitative estimate of drug-likeness (QED) is 0.712. The Labute approximate surface area is 95.6 Å². The molecule has 0 spiro atoms. The molecule has 0 saturated heterocycles. The third kappa shape index (κ3) is 2.60. The minimum absolute atomic E-state index is 0.0638. The molecule has 2 aromatic rings. The Balaban J connectivity index is 2.08. The monoisotopic (exact) mass is 213 g/mol. The van der Waals surface area contributed by atoms with Crippen LogP contribution in [0.4, 0.5) is 0 Å². The molecule has 0 amide bonds. The van der Waals surface area contributed by atoms with Gasteiger partial charge in [0.15, 0.2) is 0 Å². The molecule has 0 bridgehead atoms. The van der Waals surface area contributed by atoms with E-state index in [1.807, 2.05) is 62.5 Å². The molecule has 0 aliphatic heterocycles. The van der Waals surface area contributed by atoms with E-state index >= 15 is 0 Å². The van der Waals surface area contributed by atoms with E-state index in [0.717, 1.165) is 17.1 Å². The van der Waals surface area contributed by atoms with Crippen LogP contribution in [0.5, 0.6) is 0 Å². The number of aliphatic imine (C=N–C) groups is 1. The number of nitrogens with zero attached hydrogens (tertiary/aromatic N) is 1. The first-order valence-electron chi connectivity index (χ1n) is 5.40. The summed E-state index contributed by atoms with van der Waals surface area (Å²) in [5.41, 5.74) is 1.11. The van der Waals surface area contributed by atoms with Gasteiger partial charge in [0.2, 0.25) is 0 Å². The van der Waals surface area contributed by atoms with Gasteiger partial charge in [-0.05, 0) is 31.5 Å². The van der Waals surface area contributed by atoms with Crippen LogP contribution in [0.15, 0.2) is 51.9 Å². The zero-order valence-corrected chi connectivity index (χ0v) is 9.55. The third-order valence-electron chi connectivity index (χ3n) is 2.42. The molecule has 0 saturated carbocycles. The Morgan fingerprint density at radius 1 is 1.12 bits per heavy atom. The number of benzene rings is 1. The number of aryl methyl sites for hydroxylation is 1. The molecule has 0 unspecified atom stereocenters. The third-order valence-corrected chi connectivity index (χ3v) is 2.42. The highest BCUT2D eigenvalue weighted by Crippen LogP contribution is 2.18. The first-order chi connectivity index (χ1) is 7.75. The van der Waals surface area contributed by atoms with E-state index in [4.69, 9.17) is 4.42 Å². The maximum Gasteiger partial charge on any atom is 0.128 e. The normalized spacial score (nSPS) is 13.1. The van der Waals surface area contributed by atoms with Crippen molar-refractivity contribution in [3.8, 4) is 0 Å². The Morgan fingerprint density at radius 2 is 1.88 bits per heavy atom. The zero-order chi connectivity index (χ0) is 11.4. The van der Waals surface area contributed by atoms with Gasteiger partial charge in [0, 0.05) is 6.21 Å². The predicted octanol–water partition coefficient (Wildman–Crippen LogP) is 3.77. The fraction of sp³-hybridized carbons (Fsp3) is 0.214. The summed E-state index contributed by atoms with van der Waals surface area (Å²) >= 11 is 0. The molecule has 1 heterocycles. The zero-order valence-electron chi connectivity index (χ0n) is 9.55. The molecular formula is C14H15NO. The van der Waals surface area contributed by atoms with Gasteiger partial charge < -0.3 is 4.42 Å². The van der Waals surface area contributed by atoms with Gasteiger partial charge in [0.1, 0.15) is 17.6 Å². The van der Waals surface area contributed by atoms with Crippen LogP contribution in [0, 0.1) is 6.92 Å². The topological polar surface area (TPSA) is 25.5 Å². The van der Waals surface area contributed by atoms with Gasteiger partial charge in [-0.25, -0.2) is 0 Å². The van der Waals surface area contributed by atoms with Crippen LogP contribution in [0.25, 0.3) is 0 Å². The molecule has 0 radical (unpaired) electrons. The SMILES string of the molecule is Cc1ccc([C@@H](C)/N=C/c2ccccc2)o1. The predicted molar refractivity (Wildman–Crippen MR) is 65.9 cm³/mol. The lowest BCUT2D eigenvalue weighted by Crippen LogP contribution is -1.88. The first-order valence-corrected chi connectivity index (χ1v) is 5.40. The van der Waals surface area contributed by atoms with Gasteiger partial charge in [-0.1, -0.05) is 30.3 Å². The van der Waals surface area contributed by atoms with Crippen molar-refractivity contribution in [2.45, 2.75) is 19.9 Å². The molecule has 1 atom stereocenters. The van der Waals surface area contributed by atoms with E-state index in [9.17, 15) is 0 Å². The van der Waals surface area contributed by atoms with Gasteiger partial charge in [-0.15, -0.1) is 0 Å². The largest absolute Gasteiger partial charge is 0.464 e. The summed E-state index contributed by atoms with van der Waals surface area (Å²) in [5, 5.41) is 0. The number of hydrogen-bond acceptors (Lipinski definition) is 2. The Kier molecular flexibility index (Phi) is 3.20. The van der Waals surface area contributed by atoms with Crippen molar-refractivity contribution >= 4 is 6.21 Å². The van der Waals surface area contributed by atoms with Crippen molar-refractivity contribution < 1.29 is 4.42 Å². The van der Waals surface area contributed by atoms with Crippen LogP contribution in [0.2, 0.25) is 0 Å². The second kappa shape index (κ2) is 4.79. The highest BCUT2D eigenvalue weighted by atomic mass is 16.3. The van der Waals surface area contributed by atoms with E-state index < -0.39 is 0 Å². The van der Waals surface area contributed by atoms with Gasteiger partial charge in [-0.3, -0.25) is 4.99 Å². The fourth-order valence-corrected chi connectivity index (χ4v) is 1.49. The van der Waals surface area contributed by atoms with Gasteiger partial charge >= 0.3 is 0 Å². The minimum Gasteiger partial charge on any atom is -0.464 e. The van der Waals surface area contributed by atoms with Gasteiger partial charge in [0.05, 0.1) is 0 Å². The summed E-state index contributed by atoms with van der Waals surface area (Å²) in [5.74, 6) is 1.83. The van der Waals surface area contributed by atoms with Crippen LogP contribution in [-0.2, 0) is 0 Å². The minimum atomic E-state index is 0.0638. The van der Waals surface area contributed by atoms with E-state index in [-0.39, 0.29) is 6.04 Å². The Morgan fingerprint density at radius 3 is 2.50 bits per heavy atom. The Hall–Kier alpha value is -1.83. The van der Waals surface area contributed by atoms with Crippen LogP contribution >= 0.6 is 0 Å². The molecule has 0 aliphatic carbocycles. The second-order valence-corrected chi connectivity index (χ2v) is 3.81. The first kappa shape index (κ1) is 10.7. The van der Waals surface area contributed by atoms with E-state index in [0.29, 0.717) is 0 Å². The van der Waals surface area contributed by atoms with Gasteiger partial charge in [0.25, 0.3) is 0 Å². The molecule has 1 aromatic carbocycles. The lowest BCUT2D eigenvalue weighted by atomic mass is 10.2. The smallest absolute Gasteiger partial charge is 0.128 e. The van der Waals surface area contributed by atoms with Crippen molar-refractivity contribution in [1.29, 1.82) is 0 Å². The molecule has 82 valence electrons. The summed E-state index contributed by atoms with van der Waals surface area (Å²) in [4.78, 5) is 4.46. The van der Waals surface area contributed by atoms with Crippen molar-refractivity contribution in [2.75, 3.05) is 0 Å². The molecule has 0 fully saturated rings. The molecule has 0 aliphatic rings. The fourth-order valence-electron chi connectivity index (χ4n) is 1.49. The summed E-state index contributed by atoms with van der Waals surface area (Å²) in [7, 11) is 0. The number of hydrogen-bond donors (Lipinski definition) is 0. The molecular weight excluding hydrogens is 198 g/mol. The number of rotatable bonds is 3. The molecule has 16 heavy (non-hydrogen) atoms. The van der Waals surface area contributed by atoms with Crippen molar-refractivity contribution in [3.05, 3.63) is 59.5 Å². The van der Waals surface area contributed by atoms with Crippen molar-refractivity contribution in [3.63, 3.8) is 0 Å². The van der Waals surface area contributed by atoms with E-state index in [2.05, 4.69) is 4.99 Å². The average Bonchev–Trinajstić information content (AvgIpc) is 2.74.